The zero-order valence-corrected chi connectivity index (χ0v) is 15.8. The zero-order valence-electron chi connectivity index (χ0n) is 14.3. The molecule has 1 aliphatic rings. The molecule has 0 bridgehead atoms. The van der Waals surface area contributed by atoms with E-state index in [1.165, 1.54) is 69.9 Å². The fourth-order valence-corrected chi connectivity index (χ4v) is 4.00. The van der Waals surface area contributed by atoms with E-state index in [-0.39, 0.29) is 0 Å². The summed E-state index contributed by atoms with van der Waals surface area (Å²) in [7, 11) is 0. The second-order valence-corrected chi connectivity index (χ2v) is 8.40. The Bertz CT molecular complexity index is 232. The lowest BCUT2D eigenvalue weighted by atomic mass is 9.75. The molecule has 20 heavy (non-hydrogen) atoms. The lowest BCUT2D eigenvalue weighted by Crippen LogP contribution is -2.41. The van der Waals surface area contributed by atoms with Gasteiger partial charge in [-0.1, -0.05) is 62.9 Å². The quantitative estimate of drug-likeness (QED) is 0.482. The van der Waals surface area contributed by atoms with E-state index in [9.17, 15) is 0 Å². The molecule has 1 fully saturated rings. The molecule has 1 aliphatic carbocycles. The van der Waals surface area contributed by atoms with Gasteiger partial charge in [0.15, 0.2) is 0 Å². The first-order valence-corrected chi connectivity index (χ1v) is 9.88. The minimum Gasteiger partial charge on any atom is -0.303 e. The van der Waals surface area contributed by atoms with E-state index >= 15 is 0 Å². The molecule has 120 valence electrons. The normalized spacial score (nSPS) is 19.2. The molecule has 1 rings (SSSR count). The van der Waals surface area contributed by atoms with Crippen LogP contribution in [0.2, 0.25) is 0 Å². The molecule has 0 aromatic rings. The molecule has 0 amide bonds. The predicted octanol–water partition coefficient (Wildman–Crippen LogP) is 5.73. The van der Waals surface area contributed by atoms with Gasteiger partial charge in [0.05, 0.1) is 0 Å². The van der Waals surface area contributed by atoms with Crippen LogP contribution in [0.3, 0.4) is 0 Å². The molecule has 0 aromatic heterocycles. The second-order valence-electron chi connectivity index (χ2n) is 7.84. The molecule has 1 saturated carbocycles. The van der Waals surface area contributed by atoms with E-state index in [2.05, 4.69) is 48.5 Å². The van der Waals surface area contributed by atoms with Gasteiger partial charge >= 0.3 is 0 Å². The van der Waals surface area contributed by atoms with Crippen LogP contribution in [0.15, 0.2) is 0 Å². The minimum atomic E-state index is 0.562. The zero-order chi connectivity index (χ0) is 15.0. The van der Waals surface area contributed by atoms with Crippen LogP contribution in [0, 0.1) is 17.3 Å². The summed E-state index contributed by atoms with van der Waals surface area (Å²) >= 11 is 3.83. The molecule has 2 heteroatoms. The number of rotatable bonds is 9. The van der Waals surface area contributed by atoms with E-state index in [1.807, 2.05) is 0 Å². The van der Waals surface area contributed by atoms with Gasteiger partial charge in [-0.15, -0.1) is 0 Å². The summed E-state index contributed by atoms with van der Waals surface area (Å²) < 4.78 is 0. The molecule has 0 spiro atoms. The van der Waals surface area contributed by atoms with E-state index in [1.54, 1.807) is 0 Å². The number of hydrogen-bond donors (Lipinski definition) is 0. The number of alkyl halides is 1. The van der Waals surface area contributed by atoms with Crippen molar-refractivity contribution < 1.29 is 0 Å². The van der Waals surface area contributed by atoms with Gasteiger partial charge in [0.25, 0.3) is 0 Å². The molecule has 0 unspecified atom stereocenters. The average molecular weight is 346 g/mol. The van der Waals surface area contributed by atoms with Crippen LogP contribution in [-0.2, 0) is 0 Å². The largest absolute Gasteiger partial charge is 0.303 e. The molecule has 0 N–H and O–H groups in total. The van der Waals surface area contributed by atoms with Crippen molar-refractivity contribution in [3.05, 3.63) is 0 Å². The van der Waals surface area contributed by atoms with Crippen molar-refractivity contribution in [2.24, 2.45) is 17.3 Å². The van der Waals surface area contributed by atoms with Gasteiger partial charge < -0.3 is 4.90 Å². The lowest BCUT2D eigenvalue weighted by molar-refractivity contribution is 0.118. The monoisotopic (exact) mass is 345 g/mol. The fourth-order valence-electron chi connectivity index (χ4n) is 3.26. The maximum Gasteiger partial charge on any atom is 0.0100 e. The van der Waals surface area contributed by atoms with Gasteiger partial charge in [0.1, 0.15) is 0 Å². The van der Waals surface area contributed by atoms with Crippen molar-refractivity contribution in [1.82, 2.24) is 4.90 Å². The first-order chi connectivity index (χ1) is 9.47. The van der Waals surface area contributed by atoms with Gasteiger partial charge in [-0.3, -0.25) is 0 Å². The molecule has 0 aliphatic heterocycles. The summed E-state index contributed by atoms with van der Waals surface area (Å²) in [4.78, 5) is 2.77. The van der Waals surface area contributed by atoms with Gasteiger partial charge in [-0.05, 0) is 56.0 Å². The van der Waals surface area contributed by atoms with Crippen molar-refractivity contribution in [3.8, 4) is 0 Å². The Balaban J connectivity index is 2.55. The SMILES string of the molecule is CC(C)CCN(CCC(C)C)CC1(CBr)CCCCC1. The van der Waals surface area contributed by atoms with Crippen LogP contribution >= 0.6 is 15.9 Å². The standard InChI is InChI=1S/C18H36BrN/c1-16(2)8-12-20(13-9-17(3)4)15-18(14-19)10-6-5-7-11-18/h16-17H,5-15H2,1-4H3. The molecule has 0 heterocycles. The molecule has 1 nitrogen and oxygen atoms in total. The summed E-state index contributed by atoms with van der Waals surface area (Å²) in [5.41, 5.74) is 0.562. The van der Waals surface area contributed by atoms with E-state index in [0.29, 0.717) is 5.41 Å². The highest BCUT2D eigenvalue weighted by Crippen LogP contribution is 2.38. The topological polar surface area (TPSA) is 3.24 Å². The summed E-state index contributed by atoms with van der Waals surface area (Å²) in [5, 5.41) is 1.19. The third-order valence-electron chi connectivity index (χ3n) is 4.80. The lowest BCUT2D eigenvalue weighted by Gasteiger charge is -2.40. The van der Waals surface area contributed by atoms with E-state index in [0.717, 1.165) is 11.8 Å². The van der Waals surface area contributed by atoms with Gasteiger partial charge in [0.2, 0.25) is 0 Å². The number of halogens is 1. The fraction of sp³-hybridized carbons (Fsp3) is 1.00. The van der Waals surface area contributed by atoms with Gasteiger partial charge in [0, 0.05) is 11.9 Å². The number of nitrogens with zero attached hydrogens (tertiary/aromatic N) is 1. The van der Waals surface area contributed by atoms with Crippen molar-refractivity contribution >= 4 is 15.9 Å². The van der Waals surface area contributed by atoms with E-state index < -0.39 is 0 Å². The Morgan fingerprint density at radius 1 is 0.900 bits per heavy atom. The van der Waals surface area contributed by atoms with Crippen molar-refractivity contribution in [2.75, 3.05) is 25.0 Å². The van der Waals surface area contributed by atoms with Crippen LogP contribution in [0.1, 0.15) is 72.6 Å². The summed E-state index contributed by atoms with van der Waals surface area (Å²) in [6.07, 6.45) is 9.87. The minimum absolute atomic E-state index is 0.562. The summed E-state index contributed by atoms with van der Waals surface area (Å²) in [5.74, 6) is 1.64. The molecule has 0 atom stereocenters. The Labute approximate surface area is 136 Å². The maximum atomic E-state index is 3.83. The summed E-state index contributed by atoms with van der Waals surface area (Å²) in [6, 6.07) is 0. The van der Waals surface area contributed by atoms with Crippen LogP contribution in [0.25, 0.3) is 0 Å². The molecule has 0 aromatic carbocycles. The molecular weight excluding hydrogens is 310 g/mol. The predicted molar refractivity (Wildman–Crippen MR) is 94.7 cm³/mol. The Kier molecular flexibility index (Phi) is 8.74. The first kappa shape index (κ1) is 18.5. The van der Waals surface area contributed by atoms with Crippen LogP contribution in [0.5, 0.6) is 0 Å². The molecule has 0 radical (unpaired) electrons. The second kappa shape index (κ2) is 9.46. The highest BCUT2D eigenvalue weighted by Gasteiger charge is 2.32. The van der Waals surface area contributed by atoms with E-state index in [4.69, 9.17) is 0 Å². The molecule has 0 saturated heterocycles. The van der Waals surface area contributed by atoms with Crippen LogP contribution in [-0.4, -0.2) is 29.9 Å². The van der Waals surface area contributed by atoms with Crippen LogP contribution < -0.4 is 0 Å². The third kappa shape index (κ3) is 6.93. The highest BCUT2D eigenvalue weighted by molar-refractivity contribution is 9.09. The highest BCUT2D eigenvalue weighted by atomic mass is 79.9. The smallest absolute Gasteiger partial charge is 0.0100 e. The van der Waals surface area contributed by atoms with Crippen molar-refractivity contribution in [1.29, 1.82) is 0 Å². The Morgan fingerprint density at radius 2 is 1.40 bits per heavy atom. The summed E-state index contributed by atoms with van der Waals surface area (Å²) in [6.45, 7) is 13.3. The van der Waals surface area contributed by atoms with Crippen molar-refractivity contribution in [2.45, 2.75) is 72.6 Å². The molecular formula is C18H36BrN. The third-order valence-corrected chi connectivity index (χ3v) is 5.99. The van der Waals surface area contributed by atoms with Gasteiger partial charge in [-0.2, -0.15) is 0 Å². The van der Waals surface area contributed by atoms with Gasteiger partial charge in [-0.25, -0.2) is 0 Å². The first-order valence-electron chi connectivity index (χ1n) is 8.76. The Morgan fingerprint density at radius 3 is 1.80 bits per heavy atom. The average Bonchev–Trinajstić information content (AvgIpc) is 2.42. The van der Waals surface area contributed by atoms with Crippen LogP contribution in [0.4, 0.5) is 0 Å². The number of hydrogen-bond acceptors (Lipinski definition) is 1. The maximum absolute atomic E-state index is 3.83. The Hall–Kier alpha value is 0.440. The van der Waals surface area contributed by atoms with Crippen molar-refractivity contribution in [3.63, 3.8) is 0 Å².